The van der Waals surface area contributed by atoms with E-state index in [1.165, 1.54) is 12.1 Å². The lowest BCUT2D eigenvalue weighted by atomic mass is 10.1. The molecule has 1 aliphatic heterocycles. The Labute approximate surface area is 113 Å². The average molecular weight is 285 g/mol. The Morgan fingerprint density at radius 3 is 2.79 bits per heavy atom. The second kappa shape index (κ2) is 5.79. The maximum atomic E-state index is 11.4. The van der Waals surface area contributed by atoms with Gasteiger partial charge < -0.3 is 15.2 Å². The van der Waals surface area contributed by atoms with Crippen molar-refractivity contribution in [3.63, 3.8) is 0 Å². The molecule has 1 fully saturated rings. The maximum absolute atomic E-state index is 11.4. The molecule has 106 valence electrons. The van der Waals surface area contributed by atoms with Crippen LogP contribution in [0.3, 0.4) is 0 Å². The second-order valence-electron chi connectivity index (χ2n) is 4.77. The number of anilines is 1. The zero-order valence-electron chi connectivity index (χ0n) is 11.0. The molecule has 19 heavy (non-hydrogen) atoms. The molecule has 1 aromatic rings. The fourth-order valence-electron chi connectivity index (χ4n) is 2.01. The summed E-state index contributed by atoms with van der Waals surface area (Å²) in [5.41, 5.74) is 6.14. The van der Waals surface area contributed by atoms with Gasteiger partial charge in [-0.25, -0.2) is 8.42 Å². The van der Waals surface area contributed by atoms with E-state index in [2.05, 4.69) is 0 Å². The predicted octanol–water partition coefficient (Wildman–Crippen LogP) is 1.62. The van der Waals surface area contributed by atoms with E-state index < -0.39 is 9.84 Å². The van der Waals surface area contributed by atoms with Crippen LogP contribution in [0.4, 0.5) is 5.69 Å². The molecule has 1 heterocycles. The number of hydrogen-bond donors (Lipinski definition) is 1. The predicted molar refractivity (Wildman–Crippen MR) is 73.1 cm³/mol. The standard InChI is InChI=1S/C13H19NO4S/c1-19(15,16)11-5-6-13(12(14)8-11)18-9-10-4-2-3-7-17-10/h5-6,8,10H,2-4,7,9,14H2,1H3. The van der Waals surface area contributed by atoms with E-state index in [0.29, 0.717) is 18.0 Å². The molecule has 0 bridgehead atoms. The highest BCUT2D eigenvalue weighted by Crippen LogP contribution is 2.25. The molecule has 1 saturated heterocycles. The minimum Gasteiger partial charge on any atom is -0.489 e. The van der Waals surface area contributed by atoms with Crippen LogP contribution in [0.1, 0.15) is 19.3 Å². The van der Waals surface area contributed by atoms with Gasteiger partial charge in [0.05, 0.1) is 16.7 Å². The molecule has 1 unspecified atom stereocenters. The number of hydrogen-bond acceptors (Lipinski definition) is 5. The number of nitrogen functional groups attached to an aromatic ring is 1. The van der Waals surface area contributed by atoms with E-state index in [1.54, 1.807) is 6.07 Å². The van der Waals surface area contributed by atoms with Crippen LogP contribution in [-0.2, 0) is 14.6 Å². The molecule has 5 nitrogen and oxygen atoms in total. The Morgan fingerprint density at radius 2 is 2.21 bits per heavy atom. The highest BCUT2D eigenvalue weighted by atomic mass is 32.2. The Balaban J connectivity index is 2.01. The molecule has 1 aromatic carbocycles. The van der Waals surface area contributed by atoms with Gasteiger partial charge in [0, 0.05) is 12.9 Å². The molecule has 0 saturated carbocycles. The van der Waals surface area contributed by atoms with Gasteiger partial charge in [0.1, 0.15) is 12.4 Å². The summed E-state index contributed by atoms with van der Waals surface area (Å²) in [6, 6.07) is 4.52. The fourth-order valence-corrected chi connectivity index (χ4v) is 2.67. The molecule has 0 spiro atoms. The topological polar surface area (TPSA) is 78.6 Å². The second-order valence-corrected chi connectivity index (χ2v) is 6.79. The number of ether oxygens (including phenoxy) is 2. The molecule has 2 rings (SSSR count). The van der Waals surface area contributed by atoms with Crippen LogP contribution in [0.25, 0.3) is 0 Å². The van der Waals surface area contributed by atoms with Crippen molar-refractivity contribution in [2.45, 2.75) is 30.3 Å². The molecule has 0 radical (unpaired) electrons. The lowest BCUT2D eigenvalue weighted by Crippen LogP contribution is -2.26. The van der Waals surface area contributed by atoms with Crippen LogP contribution < -0.4 is 10.5 Å². The highest BCUT2D eigenvalue weighted by molar-refractivity contribution is 7.90. The van der Waals surface area contributed by atoms with Gasteiger partial charge in [0.15, 0.2) is 9.84 Å². The smallest absolute Gasteiger partial charge is 0.175 e. The van der Waals surface area contributed by atoms with Gasteiger partial charge in [0.25, 0.3) is 0 Å². The number of nitrogens with two attached hydrogens (primary N) is 1. The Morgan fingerprint density at radius 1 is 1.42 bits per heavy atom. The Kier molecular flexibility index (Phi) is 4.31. The molecular weight excluding hydrogens is 266 g/mol. The van der Waals surface area contributed by atoms with Crippen molar-refractivity contribution in [1.29, 1.82) is 0 Å². The summed E-state index contributed by atoms with van der Waals surface area (Å²) in [5.74, 6) is 0.501. The lowest BCUT2D eigenvalue weighted by Gasteiger charge is -2.23. The van der Waals surface area contributed by atoms with Crippen molar-refractivity contribution in [1.82, 2.24) is 0 Å². The van der Waals surface area contributed by atoms with Crippen molar-refractivity contribution in [3.8, 4) is 5.75 Å². The quantitative estimate of drug-likeness (QED) is 0.850. The first-order chi connectivity index (χ1) is 8.97. The number of benzene rings is 1. The zero-order chi connectivity index (χ0) is 13.9. The first-order valence-corrected chi connectivity index (χ1v) is 8.20. The van der Waals surface area contributed by atoms with Crippen LogP contribution in [0.5, 0.6) is 5.75 Å². The van der Waals surface area contributed by atoms with Gasteiger partial charge >= 0.3 is 0 Å². The third-order valence-electron chi connectivity index (χ3n) is 3.11. The van der Waals surface area contributed by atoms with Gasteiger partial charge in [-0.3, -0.25) is 0 Å². The number of sulfone groups is 1. The summed E-state index contributed by atoms with van der Waals surface area (Å²) in [7, 11) is -3.24. The Hall–Kier alpha value is -1.27. The molecule has 6 heteroatoms. The first kappa shape index (κ1) is 14.1. The van der Waals surface area contributed by atoms with Crippen LogP contribution in [-0.4, -0.2) is 34.0 Å². The van der Waals surface area contributed by atoms with Crippen molar-refractivity contribution < 1.29 is 17.9 Å². The van der Waals surface area contributed by atoms with Crippen molar-refractivity contribution >= 4 is 15.5 Å². The molecule has 1 atom stereocenters. The van der Waals surface area contributed by atoms with Crippen molar-refractivity contribution in [3.05, 3.63) is 18.2 Å². The van der Waals surface area contributed by atoms with Gasteiger partial charge in [-0.15, -0.1) is 0 Å². The van der Waals surface area contributed by atoms with E-state index in [0.717, 1.165) is 32.1 Å². The maximum Gasteiger partial charge on any atom is 0.175 e. The van der Waals surface area contributed by atoms with Crippen LogP contribution in [0, 0.1) is 0 Å². The number of rotatable bonds is 4. The van der Waals surface area contributed by atoms with E-state index >= 15 is 0 Å². The molecule has 0 aromatic heterocycles. The highest BCUT2D eigenvalue weighted by Gasteiger charge is 2.16. The monoisotopic (exact) mass is 285 g/mol. The summed E-state index contributed by atoms with van der Waals surface area (Å²) in [4.78, 5) is 0.200. The molecule has 0 amide bonds. The van der Waals surface area contributed by atoms with Gasteiger partial charge in [-0.2, -0.15) is 0 Å². The average Bonchev–Trinajstić information content (AvgIpc) is 2.37. The minimum atomic E-state index is -3.24. The minimum absolute atomic E-state index is 0.0998. The molecule has 1 aliphatic rings. The first-order valence-electron chi connectivity index (χ1n) is 6.31. The van der Waals surface area contributed by atoms with Crippen LogP contribution >= 0.6 is 0 Å². The van der Waals surface area contributed by atoms with E-state index in [9.17, 15) is 8.42 Å². The van der Waals surface area contributed by atoms with Crippen LogP contribution in [0.2, 0.25) is 0 Å². The Bertz CT molecular complexity index is 536. The summed E-state index contributed by atoms with van der Waals surface area (Å²) in [6.45, 7) is 1.22. The van der Waals surface area contributed by atoms with Gasteiger partial charge in [-0.05, 0) is 37.5 Å². The van der Waals surface area contributed by atoms with E-state index in [4.69, 9.17) is 15.2 Å². The zero-order valence-corrected chi connectivity index (χ0v) is 11.8. The van der Waals surface area contributed by atoms with Gasteiger partial charge in [0.2, 0.25) is 0 Å². The summed E-state index contributed by atoms with van der Waals surface area (Å²) >= 11 is 0. The third-order valence-corrected chi connectivity index (χ3v) is 4.22. The summed E-state index contributed by atoms with van der Waals surface area (Å²) in [6.07, 6.45) is 4.49. The SMILES string of the molecule is CS(=O)(=O)c1ccc(OCC2CCCCO2)c(N)c1. The summed E-state index contributed by atoms with van der Waals surface area (Å²) < 4.78 is 33.9. The lowest BCUT2D eigenvalue weighted by molar-refractivity contribution is -0.0109. The molecule has 0 aliphatic carbocycles. The van der Waals surface area contributed by atoms with E-state index in [-0.39, 0.29) is 11.0 Å². The van der Waals surface area contributed by atoms with Crippen molar-refractivity contribution in [2.24, 2.45) is 0 Å². The fraction of sp³-hybridized carbons (Fsp3) is 0.538. The van der Waals surface area contributed by atoms with Gasteiger partial charge in [-0.1, -0.05) is 0 Å². The van der Waals surface area contributed by atoms with E-state index in [1.807, 2.05) is 0 Å². The summed E-state index contributed by atoms with van der Waals surface area (Å²) in [5, 5.41) is 0. The largest absolute Gasteiger partial charge is 0.489 e. The third kappa shape index (κ3) is 3.84. The molecular formula is C13H19NO4S. The van der Waals surface area contributed by atoms with Crippen LogP contribution in [0.15, 0.2) is 23.1 Å². The molecule has 2 N–H and O–H groups in total. The normalized spacial score (nSPS) is 20.2. The van der Waals surface area contributed by atoms with Crippen molar-refractivity contribution in [2.75, 3.05) is 25.2 Å².